The Bertz CT molecular complexity index is 828. The lowest BCUT2D eigenvalue weighted by Gasteiger charge is -2.20. The molecule has 1 N–H and O–H groups in total. The molecular weight excluding hydrogens is 344 g/mol. The smallest absolute Gasteiger partial charge is 0.246 e. The third kappa shape index (κ3) is 5.44. The SMILES string of the molecule is CC(C)C[C@H](C(=O)NCc1nc(COc2ccccc2)no1)n1cccc1. The van der Waals surface area contributed by atoms with Crippen molar-refractivity contribution in [2.24, 2.45) is 5.92 Å². The van der Waals surface area contributed by atoms with Crippen molar-refractivity contribution >= 4 is 5.91 Å². The lowest BCUT2D eigenvalue weighted by atomic mass is 10.0. The molecule has 0 saturated heterocycles. The van der Waals surface area contributed by atoms with Gasteiger partial charge in [0.25, 0.3) is 0 Å². The molecular formula is C20H24N4O3. The molecule has 1 amide bonds. The van der Waals surface area contributed by atoms with Gasteiger partial charge in [0, 0.05) is 12.4 Å². The second kappa shape index (κ2) is 9.02. The van der Waals surface area contributed by atoms with E-state index < -0.39 is 0 Å². The summed E-state index contributed by atoms with van der Waals surface area (Å²) in [6, 6.07) is 13.0. The molecule has 142 valence electrons. The number of ether oxygens (including phenoxy) is 1. The minimum Gasteiger partial charge on any atom is -0.485 e. The lowest BCUT2D eigenvalue weighted by Crippen LogP contribution is -2.32. The van der Waals surface area contributed by atoms with Gasteiger partial charge in [-0.2, -0.15) is 4.98 Å². The molecule has 7 nitrogen and oxygen atoms in total. The summed E-state index contributed by atoms with van der Waals surface area (Å²) in [6.45, 7) is 4.59. The molecule has 1 atom stereocenters. The van der Waals surface area contributed by atoms with E-state index in [2.05, 4.69) is 29.3 Å². The van der Waals surface area contributed by atoms with E-state index in [1.165, 1.54) is 0 Å². The fraction of sp³-hybridized carbons (Fsp3) is 0.350. The van der Waals surface area contributed by atoms with Crippen LogP contribution < -0.4 is 10.1 Å². The highest BCUT2D eigenvalue weighted by Gasteiger charge is 2.21. The lowest BCUT2D eigenvalue weighted by molar-refractivity contribution is -0.125. The number of carbonyl (C=O) groups is 1. The molecule has 2 aromatic heterocycles. The Morgan fingerprint density at radius 3 is 2.63 bits per heavy atom. The number of rotatable bonds is 9. The van der Waals surface area contributed by atoms with E-state index in [0.717, 1.165) is 12.2 Å². The second-order valence-corrected chi connectivity index (χ2v) is 6.70. The number of para-hydroxylation sites is 1. The molecule has 0 radical (unpaired) electrons. The Morgan fingerprint density at radius 2 is 1.93 bits per heavy atom. The molecule has 3 aromatic rings. The van der Waals surface area contributed by atoms with E-state index >= 15 is 0 Å². The van der Waals surface area contributed by atoms with Crippen LogP contribution in [0.3, 0.4) is 0 Å². The summed E-state index contributed by atoms with van der Waals surface area (Å²) < 4.78 is 12.7. The molecule has 7 heteroatoms. The number of benzene rings is 1. The first-order chi connectivity index (χ1) is 13.1. The van der Waals surface area contributed by atoms with Gasteiger partial charge in [0.05, 0.1) is 6.54 Å². The number of nitrogens with one attached hydrogen (secondary N) is 1. The zero-order chi connectivity index (χ0) is 19.1. The van der Waals surface area contributed by atoms with E-state index in [0.29, 0.717) is 17.6 Å². The maximum atomic E-state index is 12.6. The highest BCUT2D eigenvalue weighted by molar-refractivity contribution is 5.80. The van der Waals surface area contributed by atoms with Crippen LogP contribution in [0.4, 0.5) is 0 Å². The number of carbonyl (C=O) groups excluding carboxylic acids is 1. The van der Waals surface area contributed by atoms with E-state index in [-0.39, 0.29) is 25.1 Å². The maximum absolute atomic E-state index is 12.6. The van der Waals surface area contributed by atoms with Gasteiger partial charge < -0.3 is 19.1 Å². The number of amides is 1. The van der Waals surface area contributed by atoms with E-state index in [1.807, 2.05) is 59.4 Å². The van der Waals surface area contributed by atoms with Crippen molar-refractivity contribution in [1.82, 2.24) is 20.0 Å². The van der Waals surface area contributed by atoms with Crippen molar-refractivity contribution in [3.05, 3.63) is 66.6 Å². The van der Waals surface area contributed by atoms with Crippen LogP contribution >= 0.6 is 0 Å². The summed E-state index contributed by atoms with van der Waals surface area (Å²) in [6.07, 6.45) is 4.55. The van der Waals surface area contributed by atoms with Gasteiger partial charge in [-0.15, -0.1) is 0 Å². The number of hydrogen-bond acceptors (Lipinski definition) is 5. The van der Waals surface area contributed by atoms with Gasteiger partial charge in [0.2, 0.25) is 17.6 Å². The third-order valence-electron chi connectivity index (χ3n) is 4.02. The average Bonchev–Trinajstić information content (AvgIpc) is 3.35. The van der Waals surface area contributed by atoms with Crippen LogP contribution in [0.1, 0.15) is 38.0 Å². The average molecular weight is 368 g/mol. The van der Waals surface area contributed by atoms with E-state index in [1.54, 1.807) is 0 Å². The summed E-state index contributed by atoms with van der Waals surface area (Å²) in [5, 5.41) is 6.77. The van der Waals surface area contributed by atoms with Gasteiger partial charge in [-0.25, -0.2) is 0 Å². The summed E-state index contributed by atoms with van der Waals surface area (Å²) in [5.41, 5.74) is 0. The fourth-order valence-electron chi connectivity index (χ4n) is 2.73. The van der Waals surface area contributed by atoms with Crippen molar-refractivity contribution in [2.45, 2.75) is 39.5 Å². The fourth-order valence-corrected chi connectivity index (χ4v) is 2.73. The van der Waals surface area contributed by atoms with Crippen molar-refractivity contribution < 1.29 is 14.1 Å². The minimum atomic E-state index is -0.260. The Balaban J connectivity index is 1.53. The van der Waals surface area contributed by atoms with Gasteiger partial charge in [0.15, 0.2) is 6.61 Å². The Kier molecular flexibility index (Phi) is 6.25. The normalized spacial score (nSPS) is 12.1. The molecule has 0 spiro atoms. The number of aromatic nitrogens is 3. The first-order valence-corrected chi connectivity index (χ1v) is 9.01. The highest BCUT2D eigenvalue weighted by Crippen LogP contribution is 2.18. The zero-order valence-corrected chi connectivity index (χ0v) is 15.5. The molecule has 0 aliphatic heterocycles. The van der Waals surface area contributed by atoms with Gasteiger partial charge in [-0.05, 0) is 36.6 Å². The molecule has 0 aliphatic rings. The first-order valence-electron chi connectivity index (χ1n) is 9.01. The van der Waals surface area contributed by atoms with Crippen LogP contribution in [0.2, 0.25) is 0 Å². The van der Waals surface area contributed by atoms with E-state index in [9.17, 15) is 4.79 Å². The monoisotopic (exact) mass is 368 g/mol. The van der Waals surface area contributed by atoms with Crippen LogP contribution in [0.5, 0.6) is 5.75 Å². The molecule has 0 unspecified atom stereocenters. The Hall–Kier alpha value is -3.09. The molecule has 3 rings (SSSR count). The molecule has 27 heavy (non-hydrogen) atoms. The predicted molar refractivity (Wildman–Crippen MR) is 99.8 cm³/mol. The first kappa shape index (κ1) is 18.7. The molecule has 0 fully saturated rings. The Labute approximate surface area is 158 Å². The van der Waals surface area contributed by atoms with Crippen molar-refractivity contribution in [2.75, 3.05) is 0 Å². The van der Waals surface area contributed by atoms with Gasteiger partial charge in [-0.1, -0.05) is 37.2 Å². The van der Waals surface area contributed by atoms with Crippen LogP contribution in [0.25, 0.3) is 0 Å². The van der Waals surface area contributed by atoms with Gasteiger partial charge in [-0.3, -0.25) is 4.79 Å². The minimum absolute atomic E-state index is 0.0693. The Morgan fingerprint density at radius 1 is 1.19 bits per heavy atom. The summed E-state index contributed by atoms with van der Waals surface area (Å²) in [5.74, 6) is 1.85. The predicted octanol–water partition coefficient (Wildman–Crippen LogP) is 3.35. The summed E-state index contributed by atoms with van der Waals surface area (Å²) in [7, 11) is 0. The molecule has 0 aliphatic carbocycles. The molecule has 0 bridgehead atoms. The van der Waals surface area contributed by atoms with Crippen LogP contribution in [-0.2, 0) is 17.9 Å². The van der Waals surface area contributed by atoms with Gasteiger partial charge >= 0.3 is 0 Å². The second-order valence-electron chi connectivity index (χ2n) is 6.70. The van der Waals surface area contributed by atoms with Crippen molar-refractivity contribution in [1.29, 1.82) is 0 Å². The largest absolute Gasteiger partial charge is 0.485 e. The standard InChI is InChI=1S/C20H24N4O3/c1-15(2)12-17(24-10-6-7-11-24)20(25)21-13-19-22-18(23-27-19)14-26-16-8-4-3-5-9-16/h3-11,15,17H,12-14H2,1-2H3,(H,21,25)/t17-/m1/s1. The zero-order valence-electron chi connectivity index (χ0n) is 15.5. The topological polar surface area (TPSA) is 82.2 Å². The molecule has 2 heterocycles. The van der Waals surface area contributed by atoms with Crippen LogP contribution in [0, 0.1) is 5.92 Å². The highest BCUT2D eigenvalue weighted by atomic mass is 16.5. The van der Waals surface area contributed by atoms with Gasteiger partial charge in [0.1, 0.15) is 11.8 Å². The van der Waals surface area contributed by atoms with Crippen LogP contribution in [0.15, 0.2) is 59.4 Å². The summed E-state index contributed by atoms with van der Waals surface area (Å²) >= 11 is 0. The maximum Gasteiger partial charge on any atom is 0.246 e. The summed E-state index contributed by atoms with van der Waals surface area (Å²) in [4.78, 5) is 16.9. The van der Waals surface area contributed by atoms with Crippen molar-refractivity contribution in [3.8, 4) is 5.75 Å². The number of hydrogen-bond donors (Lipinski definition) is 1. The molecule has 0 saturated carbocycles. The quantitative estimate of drug-likeness (QED) is 0.626. The van der Waals surface area contributed by atoms with Crippen molar-refractivity contribution in [3.63, 3.8) is 0 Å². The third-order valence-corrected chi connectivity index (χ3v) is 4.02. The van der Waals surface area contributed by atoms with Crippen LogP contribution in [-0.4, -0.2) is 20.6 Å². The molecule has 1 aromatic carbocycles. The number of nitrogens with zero attached hydrogens (tertiary/aromatic N) is 3. The van der Waals surface area contributed by atoms with E-state index in [4.69, 9.17) is 9.26 Å².